The predicted molar refractivity (Wildman–Crippen MR) is 84.9 cm³/mol. The normalized spacial score (nSPS) is 13.7. The average molecular weight is 304 g/mol. The van der Waals surface area contributed by atoms with Crippen molar-refractivity contribution < 1.29 is 9.21 Å². The van der Waals surface area contributed by atoms with E-state index in [0.29, 0.717) is 6.54 Å². The smallest absolute Gasteiger partial charge is 0.233 e. The third-order valence-corrected chi connectivity index (χ3v) is 4.22. The van der Waals surface area contributed by atoms with E-state index in [1.807, 2.05) is 44.2 Å². The summed E-state index contributed by atoms with van der Waals surface area (Å²) < 4.78 is 5.18. The van der Waals surface area contributed by atoms with Gasteiger partial charge in [-0.1, -0.05) is 12.1 Å². The molecule has 0 saturated carbocycles. The van der Waals surface area contributed by atoms with Gasteiger partial charge in [0.2, 0.25) is 5.91 Å². The van der Waals surface area contributed by atoms with E-state index in [1.165, 1.54) is 11.8 Å². The van der Waals surface area contributed by atoms with Gasteiger partial charge < -0.3 is 15.5 Å². The molecule has 2 rings (SSSR count). The Morgan fingerprint density at radius 3 is 2.57 bits per heavy atom. The molecule has 3 N–H and O–H groups in total. The second-order valence-electron chi connectivity index (χ2n) is 4.91. The van der Waals surface area contributed by atoms with E-state index in [0.717, 1.165) is 16.2 Å². The molecular weight excluding hydrogens is 284 g/mol. The summed E-state index contributed by atoms with van der Waals surface area (Å²) in [6.45, 7) is 4.26. The fourth-order valence-electron chi connectivity index (χ4n) is 1.84. The van der Waals surface area contributed by atoms with Gasteiger partial charge in [0.15, 0.2) is 0 Å². The molecule has 0 spiro atoms. The number of hydrogen-bond acceptors (Lipinski definition) is 4. The molecule has 2 aromatic rings. The van der Waals surface area contributed by atoms with Gasteiger partial charge in [0.05, 0.1) is 18.1 Å². The van der Waals surface area contributed by atoms with Crippen LogP contribution in [0.1, 0.15) is 31.2 Å². The van der Waals surface area contributed by atoms with Crippen LogP contribution in [-0.4, -0.2) is 11.2 Å². The summed E-state index contributed by atoms with van der Waals surface area (Å²) in [7, 11) is 0. The molecule has 112 valence electrons. The zero-order chi connectivity index (χ0) is 15.2. The maximum absolute atomic E-state index is 12.0. The fraction of sp³-hybridized carbons (Fsp3) is 0.312. The van der Waals surface area contributed by atoms with Crippen LogP contribution in [0, 0.1) is 0 Å². The lowest BCUT2D eigenvalue weighted by Crippen LogP contribution is -2.30. The number of rotatable bonds is 6. The highest BCUT2D eigenvalue weighted by Gasteiger charge is 2.14. The summed E-state index contributed by atoms with van der Waals surface area (Å²) in [4.78, 5) is 13.1. The third kappa shape index (κ3) is 4.65. The highest BCUT2D eigenvalue weighted by molar-refractivity contribution is 8.00. The second-order valence-corrected chi connectivity index (χ2v) is 6.33. The zero-order valence-corrected chi connectivity index (χ0v) is 13.0. The first kappa shape index (κ1) is 15.7. The molecule has 0 bridgehead atoms. The van der Waals surface area contributed by atoms with Crippen molar-refractivity contribution in [2.75, 3.05) is 0 Å². The first-order valence-corrected chi connectivity index (χ1v) is 7.76. The van der Waals surface area contributed by atoms with Gasteiger partial charge in [-0.15, -0.1) is 11.8 Å². The minimum atomic E-state index is -0.166. The lowest BCUT2D eigenvalue weighted by atomic mass is 10.1. The molecule has 0 aliphatic rings. The average Bonchev–Trinajstić information content (AvgIpc) is 2.98. The Labute approximate surface area is 129 Å². The van der Waals surface area contributed by atoms with Gasteiger partial charge in [-0.05, 0) is 43.7 Å². The minimum absolute atomic E-state index is 0.00679. The van der Waals surface area contributed by atoms with E-state index in [-0.39, 0.29) is 17.2 Å². The molecule has 4 nitrogen and oxygen atoms in total. The third-order valence-electron chi connectivity index (χ3n) is 3.10. The lowest BCUT2D eigenvalue weighted by Gasteiger charge is -2.12. The molecule has 1 aromatic heterocycles. The van der Waals surface area contributed by atoms with E-state index in [9.17, 15) is 4.79 Å². The number of carbonyl (C=O) groups excluding carboxylic acids is 1. The summed E-state index contributed by atoms with van der Waals surface area (Å²) in [5.74, 6) is 0.745. The molecule has 21 heavy (non-hydrogen) atoms. The Kier molecular flexibility index (Phi) is 5.47. The Balaban J connectivity index is 1.85. The summed E-state index contributed by atoms with van der Waals surface area (Å²) in [5.41, 5.74) is 6.91. The molecule has 0 radical (unpaired) electrons. The van der Waals surface area contributed by atoms with Crippen molar-refractivity contribution in [3.63, 3.8) is 0 Å². The van der Waals surface area contributed by atoms with Crippen LogP contribution in [0.3, 0.4) is 0 Å². The predicted octanol–water partition coefficient (Wildman–Crippen LogP) is 3.10. The molecule has 2 unspecified atom stereocenters. The molecule has 2 atom stereocenters. The van der Waals surface area contributed by atoms with E-state index in [4.69, 9.17) is 10.2 Å². The number of hydrogen-bond donors (Lipinski definition) is 2. The number of thioether (sulfide) groups is 1. The van der Waals surface area contributed by atoms with Crippen molar-refractivity contribution in [2.45, 2.75) is 36.6 Å². The number of furan rings is 1. The quantitative estimate of drug-likeness (QED) is 0.805. The molecule has 5 heteroatoms. The van der Waals surface area contributed by atoms with Crippen LogP contribution in [0.25, 0.3) is 0 Å². The van der Waals surface area contributed by atoms with Crippen molar-refractivity contribution in [1.82, 2.24) is 5.32 Å². The topological polar surface area (TPSA) is 68.3 Å². The number of amides is 1. The van der Waals surface area contributed by atoms with E-state index in [2.05, 4.69) is 5.32 Å². The van der Waals surface area contributed by atoms with Crippen LogP contribution in [0.2, 0.25) is 0 Å². The van der Waals surface area contributed by atoms with Crippen LogP contribution in [0.15, 0.2) is 52.0 Å². The Morgan fingerprint density at radius 2 is 2.00 bits per heavy atom. The Bertz CT molecular complexity index is 564. The van der Waals surface area contributed by atoms with Crippen molar-refractivity contribution >= 4 is 17.7 Å². The second kappa shape index (κ2) is 7.33. The number of nitrogens with two attached hydrogens (primary N) is 1. The van der Waals surface area contributed by atoms with Crippen LogP contribution < -0.4 is 11.1 Å². The monoisotopic (exact) mass is 304 g/mol. The number of carbonyl (C=O) groups is 1. The summed E-state index contributed by atoms with van der Waals surface area (Å²) in [6.07, 6.45) is 1.60. The molecular formula is C16H20N2O2S. The lowest BCUT2D eigenvalue weighted by molar-refractivity contribution is -0.120. The highest BCUT2D eigenvalue weighted by atomic mass is 32.2. The Morgan fingerprint density at radius 1 is 1.29 bits per heavy atom. The SMILES string of the molecule is CC(Sc1ccc(C(C)N)cc1)C(=O)NCc1ccco1. The first-order chi connectivity index (χ1) is 10.1. The maximum atomic E-state index is 12.0. The van der Waals surface area contributed by atoms with Crippen LogP contribution in [0.4, 0.5) is 0 Å². The zero-order valence-electron chi connectivity index (χ0n) is 12.2. The first-order valence-electron chi connectivity index (χ1n) is 6.88. The maximum Gasteiger partial charge on any atom is 0.233 e. The van der Waals surface area contributed by atoms with Gasteiger partial charge in [0, 0.05) is 10.9 Å². The molecule has 0 aliphatic heterocycles. The van der Waals surface area contributed by atoms with Crippen LogP contribution in [-0.2, 0) is 11.3 Å². The van der Waals surface area contributed by atoms with E-state index >= 15 is 0 Å². The van der Waals surface area contributed by atoms with Gasteiger partial charge in [-0.3, -0.25) is 4.79 Å². The van der Waals surface area contributed by atoms with Gasteiger partial charge in [-0.2, -0.15) is 0 Å². The van der Waals surface area contributed by atoms with Crippen LogP contribution >= 0.6 is 11.8 Å². The summed E-state index contributed by atoms with van der Waals surface area (Å²) in [6, 6.07) is 11.7. The molecule has 1 amide bonds. The standard InChI is InChI=1S/C16H20N2O2S/c1-11(17)13-5-7-15(8-6-13)21-12(2)16(19)18-10-14-4-3-9-20-14/h3-9,11-12H,10,17H2,1-2H3,(H,18,19). The fourth-order valence-corrected chi connectivity index (χ4v) is 2.73. The minimum Gasteiger partial charge on any atom is -0.467 e. The number of nitrogens with one attached hydrogen (secondary N) is 1. The van der Waals surface area contributed by atoms with E-state index in [1.54, 1.807) is 12.3 Å². The molecule has 0 aliphatic carbocycles. The molecule has 0 saturated heterocycles. The van der Waals surface area contributed by atoms with Crippen LogP contribution in [0.5, 0.6) is 0 Å². The molecule has 1 aromatic carbocycles. The molecule has 0 fully saturated rings. The van der Waals surface area contributed by atoms with Gasteiger partial charge in [0.1, 0.15) is 5.76 Å². The largest absolute Gasteiger partial charge is 0.467 e. The van der Waals surface area contributed by atoms with Gasteiger partial charge in [-0.25, -0.2) is 0 Å². The van der Waals surface area contributed by atoms with E-state index < -0.39 is 0 Å². The molecule has 1 heterocycles. The van der Waals surface area contributed by atoms with Crippen molar-refractivity contribution in [3.05, 3.63) is 54.0 Å². The highest BCUT2D eigenvalue weighted by Crippen LogP contribution is 2.24. The van der Waals surface area contributed by atoms with Gasteiger partial charge in [0.25, 0.3) is 0 Å². The summed E-state index contributed by atoms with van der Waals surface area (Å²) >= 11 is 1.53. The van der Waals surface area contributed by atoms with Crippen molar-refractivity contribution in [2.24, 2.45) is 5.73 Å². The van der Waals surface area contributed by atoms with Gasteiger partial charge >= 0.3 is 0 Å². The van der Waals surface area contributed by atoms with Crippen molar-refractivity contribution in [1.29, 1.82) is 0 Å². The summed E-state index contributed by atoms with van der Waals surface area (Å²) in [5, 5.41) is 2.70. The number of benzene rings is 1. The Hall–Kier alpha value is -1.72. The van der Waals surface area contributed by atoms with Crippen molar-refractivity contribution in [3.8, 4) is 0 Å².